The fraction of sp³-hybridized carbons (Fsp3) is 0.533. The molecule has 3 nitrogen and oxygen atoms in total. The number of carbonyl (C=O) groups is 1. The van der Waals surface area contributed by atoms with Crippen molar-refractivity contribution in [2.45, 2.75) is 38.1 Å². The molecule has 5 heteroatoms. The average Bonchev–Trinajstić information content (AvgIpc) is 2.42. The molecule has 0 aliphatic carbocycles. The second kappa shape index (κ2) is 7.87. The highest BCUT2D eigenvalue weighted by atomic mass is 35.5. The summed E-state index contributed by atoms with van der Waals surface area (Å²) in [6, 6.07) is 7.75. The molecule has 1 atom stereocenters. The van der Waals surface area contributed by atoms with Crippen LogP contribution in [0.4, 0.5) is 0 Å². The summed E-state index contributed by atoms with van der Waals surface area (Å²) in [6.45, 7) is 3.59. The molecule has 1 aromatic rings. The van der Waals surface area contributed by atoms with E-state index in [0.717, 1.165) is 37.3 Å². The number of rotatable bonds is 4. The minimum absolute atomic E-state index is 0. The Labute approximate surface area is 131 Å². The summed E-state index contributed by atoms with van der Waals surface area (Å²) < 4.78 is 0. The van der Waals surface area contributed by atoms with Crippen molar-refractivity contribution in [3.63, 3.8) is 0 Å². The molecule has 20 heavy (non-hydrogen) atoms. The Hall–Kier alpha value is -0.770. The van der Waals surface area contributed by atoms with Gasteiger partial charge in [-0.1, -0.05) is 23.7 Å². The van der Waals surface area contributed by atoms with Gasteiger partial charge in [-0.25, -0.2) is 0 Å². The Bertz CT molecular complexity index is 428. The van der Waals surface area contributed by atoms with E-state index in [1.54, 1.807) is 0 Å². The van der Waals surface area contributed by atoms with E-state index in [0.29, 0.717) is 6.54 Å². The van der Waals surface area contributed by atoms with Crippen LogP contribution in [-0.2, 0) is 11.2 Å². The van der Waals surface area contributed by atoms with Crippen molar-refractivity contribution >= 4 is 29.9 Å². The zero-order valence-electron chi connectivity index (χ0n) is 11.7. The third-order valence-electron chi connectivity index (χ3n) is 3.73. The van der Waals surface area contributed by atoms with Crippen LogP contribution in [0.15, 0.2) is 24.3 Å². The van der Waals surface area contributed by atoms with E-state index in [-0.39, 0.29) is 18.3 Å². The zero-order chi connectivity index (χ0) is 13.7. The topological polar surface area (TPSA) is 41.1 Å². The molecule has 0 bridgehead atoms. The van der Waals surface area contributed by atoms with Crippen LogP contribution in [0.25, 0.3) is 0 Å². The number of amides is 1. The van der Waals surface area contributed by atoms with Gasteiger partial charge in [-0.2, -0.15) is 0 Å². The Balaban J connectivity index is 0.00000200. The van der Waals surface area contributed by atoms with Crippen LogP contribution < -0.4 is 10.6 Å². The van der Waals surface area contributed by atoms with E-state index in [1.807, 2.05) is 31.2 Å². The van der Waals surface area contributed by atoms with E-state index in [4.69, 9.17) is 11.6 Å². The lowest BCUT2D eigenvalue weighted by Crippen LogP contribution is -2.57. The highest BCUT2D eigenvalue weighted by Gasteiger charge is 2.33. The second-order valence-corrected chi connectivity index (χ2v) is 5.78. The SMILES string of the molecule is CC1(C(=O)NCCc2ccc(Cl)cc2)CCCCN1.Cl. The van der Waals surface area contributed by atoms with E-state index >= 15 is 0 Å². The zero-order valence-corrected chi connectivity index (χ0v) is 13.3. The monoisotopic (exact) mass is 316 g/mol. The quantitative estimate of drug-likeness (QED) is 0.896. The van der Waals surface area contributed by atoms with Crippen LogP contribution >= 0.6 is 24.0 Å². The highest BCUT2D eigenvalue weighted by molar-refractivity contribution is 6.30. The molecule has 0 saturated carbocycles. The van der Waals surface area contributed by atoms with Crippen LogP contribution in [0, 0.1) is 0 Å². The average molecular weight is 317 g/mol. The summed E-state index contributed by atoms with van der Waals surface area (Å²) >= 11 is 5.84. The maximum atomic E-state index is 12.2. The molecular formula is C15H22Cl2N2O. The third-order valence-corrected chi connectivity index (χ3v) is 3.98. The molecule has 2 rings (SSSR count). The number of hydrogen-bond acceptors (Lipinski definition) is 2. The largest absolute Gasteiger partial charge is 0.354 e. The molecule has 1 heterocycles. The van der Waals surface area contributed by atoms with Gasteiger partial charge in [0.15, 0.2) is 0 Å². The highest BCUT2D eigenvalue weighted by Crippen LogP contribution is 2.18. The smallest absolute Gasteiger partial charge is 0.240 e. The van der Waals surface area contributed by atoms with Crippen molar-refractivity contribution in [3.8, 4) is 0 Å². The first-order valence-electron chi connectivity index (χ1n) is 6.88. The Morgan fingerprint density at radius 1 is 1.35 bits per heavy atom. The minimum atomic E-state index is -0.391. The first kappa shape index (κ1) is 17.3. The summed E-state index contributed by atoms with van der Waals surface area (Å²) in [5.74, 6) is 0.112. The number of carbonyl (C=O) groups excluding carboxylic acids is 1. The summed E-state index contributed by atoms with van der Waals surface area (Å²) in [5.41, 5.74) is 0.796. The number of benzene rings is 1. The number of piperidine rings is 1. The van der Waals surface area contributed by atoms with Crippen molar-refractivity contribution < 1.29 is 4.79 Å². The fourth-order valence-electron chi connectivity index (χ4n) is 2.42. The fourth-order valence-corrected chi connectivity index (χ4v) is 2.54. The molecule has 112 valence electrons. The van der Waals surface area contributed by atoms with E-state index in [2.05, 4.69) is 10.6 Å². The predicted molar refractivity (Wildman–Crippen MR) is 85.7 cm³/mol. The summed E-state index contributed by atoms with van der Waals surface area (Å²) in [6.07, 6.45) is 4.03. The predicted octanol–water partition coefficient (Wildman–Crippen LogP) is 2.95. The van der Waals surface area contributed by atoms with Gasteiger partial charge in [0.25, 0.3) is 0 Å². The maximum absolute atomic E-state index is 12.2. The molecule has 1 saturated heterocycles. The first-order valence-corrected chi connectivity index (χ1v) is 7.26. The van der Waals surface area contributed by atoms with Gasteiger partial charge in [0, 0.05) is 11.6 Å². The summed E-state index contributed by atoms with van der Waals surface area (Å²) in [5, 5.41) is 7.09. The van der Waals surface area contributed by atoms with Crippen molar-refractivity contribution in [2.75, 3.05) is 13.1 Å². The Morgan fingerprint density at radius 3 is 2.65 bits per heavy atom. The minimum Gasteiger partial charge on any atom is -0.354 e. The van der Waals surface area contributed by atoms with Crippen LogP contribution in [-0.4, -0.2) is 24.5 Å². The lowest BCUT2D eigenvalue weighted by molar-refractivity contribution is -0.127. The molecule has 1 fully saturated rings. The van der Waals surface area contributed by atoms with E-state index in [1.165, 1.54) is 5.56 Å². The molecule has 2 N–H and O–H groups in total. The van der Waals surface area contributed by atoms with Crippen molar-refractivity contribution in [2.24, 2.45) is 0 Å². The van der Waals surface area contributed by atoms with Gasteiger partial charge in [0.05, 0.1) is 5.54 Å². The van der Waals surface area contributed by atoms with Gasteiger partial charge in [0.2, 0.25) is 5.91 Å². The van der Waals surface area contributed by atoms with Gasteiger partial charge in [-0.15, -0.1) is 12.4 Å². The summed E-state index contributed by atoms with van der Waals surface area (Å²) in [4.78, 5) is 12.2. The van der Waals surface area contributed by atoms with Gasteiger partial charge >= 0.3 is 0 Å². The molecule has 1 amide bonds. The third kappa shape index (κ3) is 4.65. The number of nitrogens with one attached hydrogen (secondary N) is 2. The molecular weight excluding hydrogens is 295 g/mol. The van der Waals surface area contributed by atoms with Gasteiger partial charge in [0.1, 0.15) is 0 Å². The van der Waals surface area contributed by atoms with E-state index < -0.39 is 5.54 Å². The normalized spacial score (nSPS) is 21.9. The number of hydrogen-bond donors (Lipinski definition) is 2. The van der Waals surface area contributed by atoms with Gasteiger partial charge in [-0.3, -0.25) is 4.79 Å². The Morgan fingerprint density at radius 2 is 2.05 bits per heavy atom. The first-order chi connectivity index (χ1) is 9.10. The van der Waals surface area contributed by atoms with Gasteiger partial charge < -0.3 is 10.6 Å². The molecule has 1 aliphatic heterocycles. The maximum Gasteiger partial charge on any atom is 0.240 e. The molecule has 0 aromatic heterocycles. The lowest BCUT2D eigenvalue weighted by atomic mass is 9.90. The molecule has 1 unspecified atom stereocenters. The van der Waals surface area contributed by atoms with Gasteiger partial charge in [-0.05, 0) is 56.8 Å². The molecule has 1 aromatic carbocycles. The molecule has 0 spiro atoms. The van der Waals surface area contributed by atoms with Crippen LogP contribution in [0.1, 0.15) is 31.7 Å². The van der Waals surface area contributed by atoms with Crippen LogP contribution in [0.2, 0.25) is 5.02 Å². The van der Waals surface area contributed by atoms with E-state index in [9.17, 15) is 4.79 Å². The lowest BCUT2D eigenvalue weighted by Gasteiger charge is -2.33. The van der Waals surface area contributed by atoms with Crippen molar-refractivity contribution in [1.82, 2.24) is 10.6 Å². The Kier molecular flexibility index (Phi) is 6.80. The molecule has 1 aliphatic rings. The van der Waals surface area contributed by atoms with Crippen molar-refractivity contribution in [1.29, 1.82) is 0 Å². The summed E-state index contributed by atoms with van der Waals surface area (Å²) in [7, 11) is 0. The van der Waals surface area contributed by atoms with Crippen LogP contribution in [0.3, 0.4) is 0 Å². The molecule has 0 radical (unpaired) electrons. The van der Waals surface area contributed by atoms with Crippen LogP contribution in [0.5, 0.6) is 0 Å². The standard InChI is InChI=1S/C15H21ClN2O.ClH/c1-15(9-2-3-10-18-15)14(19)17-11-8-12-4-6-13(16)7-5-12;/h4-7,18H,2-3,8-11H2,1H3,(H,17,19);1H. The number of halogens is 2. The second-order valence-electron chi connectivity index (χ2n) is 5.35. The van der Waals surface area contributed by atoms with Crippen molar-refractivity contribution in [3.05, 3.63) is 34.9 Å².